The zero-order chi connectivity index (χ0) is 22.7. The molecule has 5 nitrogen and oxygen atoms in total. The summed E-state index contributed by atoms with van der Waals surface area (Å²) >= 11 is 13.7. The van der Waals surface area contributed by atoms with E-state index in [1.165, 1.54) is 0 Å². The number of fused-ring (bicyclic) bond motifs is 3. The third kappa shape index (κ3) is 4.91. The number of anilines is 1. The number of carbonyl (C=O) groups excluding carboxylic acids is 1. The molecule has 0 aliphatic carbocycles. The van der Waals surface area contributed by atoms with Gasteiger partial charge in [-0.2, -0.15) is 11.8 Å². The van der Waals surface area contributed by atoms with Crippen LogP contribution in [0.25, 0.3) is 11.1 Å². The van der Waals surface area contributed by atoms with Crippen molar-refractivity contribution >= 4 is 56.6 Å². The Bertz CT molecular complexity index is 1250. The summed E-state index contributed by atoms with van der Waals surface area (Å²) in [5.74, 6) is 1.15. The van der Waals surface area contributed by atoms with Crippen LogP contribution in [0.15, 0.2) is 71.6 Å². The Kier molecular flexibility index (Phi) is 7.00. The van der Waals surface area contributed by atoms with Crippen LogP contribution in [-0.2, 0) is 20.6 Å². The van der Waals surface area contributed by atoms with E-state index in [4.69, 9.17) is 23.2 Å². The fourth-order valence-corrected chi connectivity index (χ4v) is 6.26. The second kappa shape index (κ2) is 9.75. The zero-order valence-electron chi connectivity index (χ0n) is 16.9. The minimum atomic E-state index is -3.87. The van der Waals surface area contributed by atoms with Gasteiger partial charge in [0.1, 0.15) is 6.54 Å². The van der Waals surface area contributed by atoms with E-state index in [-0.39, 0.29) is 17.3 Å². The van der Waals surface area contributed by atoms with E-state index in [0.717, 1.165) is 15.6 Å². The molecule has 1 aliphatic heterocycles. The topological polar surface area (TPSA) is 66.5 Å². The summed E-state index contributed by atoms with van der Waals surface area (Å²) in [5.41, 5.74) is 2.87. The number of amides is 1. The fraction of sp³-hybridized carbons (Fsp3) is 0.174. The minimum Gasteiger partial charge on any atom is -0.354 e. The molecule has 0 aromatic heterocycles. The van der Waals surface area contributed by atoms with Crippen LogP contribution in [0.5, 0.6) is 0 Å². The lowest BCUT2D eigenvalue weighted by Crippen LogP contribution is -2.43. The molecule has 4 rings (SSSR count). The lowest BCUT2D eigenvalue weighted by atomic mass is 10.0. The molecule has 0 radical (unpaired) electrons. The van der Waals surface area contributed by atoms with Crippen molar-refractivity contribution in [1.82, 2.24) is 5.32 Å². The molecular formula is C23H20Cl2N2O3S2. The van der Waals surface area contributed by atoms with Gasteiger partial charge in [-0.1, -0.05) is 53.5 Å². The molecule has 1 heterocycles. The number of benzene rings is 3. The van der Waals surface area contributed by atoms with E-state index < -0.39 is 10.0 Å². The molecule has 3 aromatic carbocycles. The van der Waals surface area contributed by atoms with Crippen molar-refractivity contribution < 1.29 is 13.2 Å². The first-order chi connectivity index (χ1) is 15.4. The predicted molar refractivity (Wildman–Crippen MR) is 132 cm³/mol. The van der Waals surface area contributed by atoms with Crippen molar-refractivity contribution in [2.45, 2.75) is 10.6 Å². The molecule has 3 aromatic rings. The number of carbonyl (C=O) groups is 1. The monoisotopic (exact) mass is 506 g/mol. The van der Waals surface area contributed by atoms with Gasteiger partial charge in [-0.05, 0) is 42.0 Å². The molecule has 32 heavy (non-hydrogen) atoms. The smallest absolute Gasteiger partial charge is 0.265 e. The molecule has 0 bridgehead atoms. The van der Waals surface area contributed by atoms with Crippen molar-refractivity contribution in [3.63, 3.8) is 0 Å². The Labute approximate surface area is 201 Å². The molecule has 0 atom stereocenters. The number of hydrogen-bond donors (Lipinski definition) is 1. The summed E-state index contributed by atoms with van der Waals surface area (Å²) in [6.07, 6.45) is 0. The standard InChI is InChI=1S/C23H20Cl2N2O3S2/c24-17-7-5-16(6-8-17)15-31-12-11-26-23(28)14-27-21-10-9-18(25)13-20(21)19-3-1-2-4-22(19)32(27,29)30/h1-10,13H,11-12,14-15H2,(H,26,28). The Balaban J connectivity index is 1.41. The first kappa shape index (κ1) is 23.0. The van der Waals surface area contributed by atoms with Crippen LogP contribution in [0.3, 0.4) is 0 Å². The van der Waals surface area contributed by atoms with Gasteiger partial charge in [0.05, 0.1) is 10.6 Å². The Morgan fingerprint density at radius 2 is 1.66 bits per heavy atom. The third-order valence-electron chi connectivity index (χ3n) is 5.01. The average molecular weight is 507 g/mol. The highest BCUT2D eigenvalue weighted by molar-refractivity contribution is 7.98. The van der Waals surface area contributed by atoms with Crippen LogP contribution >= 0.6 is 35.0 Å². The SMILES string of the molecule is O=C(CN1c2ccc(Cl)cc2-c2ccccc2S1(=O)=O)NCCSCc1ccc(Cl)cc1. The Hall–Kier alpha value is -2.19. The van der Waals surface area contributed by atoms with Gasteiger partial charge >= 0.3 is 0 Å². The first-order valence-electron chi connectivity index (χ1n) is 9.87. The van der Waals surface area contributed by atoms with Crippen LogP contribution in [0.2, 0.25) is 10.0 Å². The van der Waals surface area contributed by atoms with Crippen LogP contribution in [-0.4, -0.2) is 33.2 Å². The quantitative estimate of drug-likeness (QED) is 0.446. The predicted octanol–water partition coefficient (Wildman–Crippen LogP) is 5.22. The molecular weight excluding hydrogens is 487 g/mol. The highest BCUT2D eigenvalue weighted by atomic mass is 35.5. The molecule has 1 aliphatic rings. The van der Waals surface area contributed by atoms with Gasteiger partial charge in [0.15, 0.2) is 0 Å². The van der Waals surface area contributed by atoms with Crippen molar-refractivity contribution in [2.24, 2.45) is 0 Å². The second-order valence-corrected chi connectivity index (χ2v) is 11.0. The van der Waals surface area contributed by atoms with Gasteiger partial charge in [0.25, 0.3) is 10.0 Å². The molecule has 0 unspecified atom stereocenters. The molecule has 0 saturated carbocycles. The normalized spacial score (nSPS) is 13.9. The number of hydrogen-bond acceptors (Lipinski definition) is 4. The lowest BCUT2D eigenvalue weighted by Gasteiger charge is -2.31. The van der Waals surface area contributed by atoms with E-state index >= 15 is 0 Å². The minimum absolute atomic E-state index is 0.168. The maximum Gasteiger partial charge on any atom is 0.265 e. The van der Waals surface area contributed by atoms with Gasteiger partial charge in [-0.15, -0.1) is 0 Å². The van der Waals surface area contributed by atoms with Crippen molar-refractivity contribution in [1.29, 1.82) is 0 Å². The average Bonchev–Trinajstić information content (AvgIpc) is 2.78. The molecule has 0 fully saturated rings. The van der Waals surface area contributed by atoms with Gasteiger partial charge in [0.2, 0.25) is 5.91 Å². The number of thioether (sulfide) groups is 1. The molecule has 1 amide bonds. The van der Waals surface area contributed by atoms with Crippen LogP contribution in [0.1, 0.15) is 5.56 Å². The summed E-state index contributed by atoms with van der Waals surface area (Å²) < 4.78 is 27.6. The van der Waals surface area contributed by atoms with Crippen molar-refractivity contribution in [2.75, 3.05) is 23.1 Å². The summed E-state index contributed by atoms with van der Waals surface area (Å²) in [6, 6.07) is 19.4. The first-order valence-corrected chi connectivity index (χ1v) is 13.2. The zero-order valence-corrected chi connectivity index (χ0v) is 20.1. The van der Waals surface area contributed by atoms with Gasteiger partial charge in [-0.25, -0.2) is 8.42 Å². The summed E-state index contributed by atoms with van der Waals surface area (Å²) in [5, 5.41) is 4.02. The largest absolute Gasteiger partial charge is 0.354 e. The van der Waals surface area contributed by atoms with Crippen LogP contribution in [0, 0.1) is 0 Å². The third-order valence-corrected chi connectivity index (χ3v) is 8.35. The summed E-state index contributed by atoms with van der Waals surface area (Å²) in [4.78, 5) is 12.8. The Morgan fingerprint density at radius 1 is 0.938 bits per heavy atom. The molecule has 166 valence electrons. The number of halogens is 2. The highest BCUT2D eigenvalue weighted by Crippen LogP contribution is 2.43. The molecule has 0 spiro atoms. The van der Waals surface area contributed by atoms with Gasteiger partial charge in [-0.3, -0.25) is 9.10 Å². The number of rotatable bonds is 7. The maximum absolute atomic E-state index is 13.2. The van der Waals surface area contributed by atoms with E-state index in [1.807, 2.05) is 24.3 Å². The molecule has 9 heteroatoms. The number of sulfonamides is 1. The van der Waals surface area contributed by atoms with Crippen LogP contribution in [0.4, 0.5) is 5.69 Å². The van der Waals surface area contributed by atoms with E-state index in [9.17, 15) is 13.2 Å². The van der Waals surface area contributed by atoms with Crippen LogP contribution < -0.4 is 9.62 Å². The maximum atomic E-state index is 13.2. The van der Waals surface area contributed by atoms with E-state index in [2.05, 4.69) is 5.32 Å². The van der Waals surface area contributed by atoms with Crippen molar-refractivity contribution in [3.8, 4) is 11.1 Å². The van der Waals surface area contributed by atoms with Crippen molar-refractivity contribution in [3.05, 3.63) is 82.3 Å². The highest BCUT2D eigenvalue weighted by Gasteiger charge is 2.35. The summed E-state index contributed by atoms with van der Waals surface area (Å²) in [7, 11) is -3.87. The van der Waals surface area contributed by atoms with Gasteiger partial charge < -0.3 is 5.32 Å². The van der Waals surface area contributed by atoms with E-state index in [1.54, 1.807) is 54.2 Å². The Morgan fingerprint density at radius 3 is 2.44 bits per heavy atom. The fourth-order valence-electron chi connectivity index (χ4n) is 3.49. The molecule has 0 saturated heterocycles. The molecule has 1 N–H and O–H groups in total. The van der Waals surface area contributed by atoms with E-state index in [0.29, 0.717) is 39.2 Å². The number of nitrogens with zero attached hydrogens (tertiary/aromatic N) is 1. The number of nitrogens with one attached hydrogen (secondary N) is 1. The summed E-state index contributed by atoms with van der Waals surface area (Å²) in [6.45, 7) is 0.141. The second-order valence-electron chi connectivity index (χ2n) is 7.20. The van der Waals surface area contributed by atoms with Gasteiger partial charge in [0, 0.05) is 39.2 Å². The lowest BCUT2D eigenvalue weighted by molar-refractivity contribution is -0.119.